The molecule has 14 heavy (non-hydrogen) atoms. The van der Waals surface area contributed by atoms with Gasteiger partial charge in [-0.15, -0.1) is 0 Å². The zero-order chi connectivity index (χ0) is 10.7. The zero-order valence-corrected chi connectivity index (χ0v) is 9.23. The van der Waals surface area contributed by atoms with Gasteiger partial charge in [0.15, 0.2) is 0 Å². The minimum atomic E-state index is -0.236. The second-order valence-electron chi connectivity index (χ2n) is 3.20. The fraction of sp³-hybridized carbons (Fsp3) is 0.556. The topological polar surface area (TPSA) is 55.2 Å². The van der Waals surface area contributed by atoms with Crippen LogP contribution < -0.4 is 0 Å². The highest BCUT2D eigenvalue weighted by Crippen LogP contribution is 2.15. The number of aromatic amines is 1. The summed E-state index contributed by atoms with van der Waals surface area (Å²) in [6, 6.07) is 0. The molecule has 0 aliphatic carbocycles. The summed E-state index contributed by atoms with van der Waals surface area (Å²) in [4.78, 5) is 11.2. The van der Waals surface area contributed by atoms with E-state index in [4.69, 9.17) is 16.7 Å². The molecule has 5 heteroatoms. The monoisotopic (exact) mass is 215 g/mol. The third-order valence-corrected chi connectivity index (χ3v) is 2.44. The SMILES string of the molecule is COC(=O)C(C)Cc1c(C)o[nH]c1=S. The van der Waals surface area contributed by atoms with Gasteiger partial charge in [-0.05, 0) is 13.3 Å². The zero-order valence-electron chi connectivity index (χ0n) is 8.42. The summed E-state index contributed by atoms with van der Waals surface area (Å²) in [5.74, 6) is 0.289. The summed E-state index contributed by atoms with van der Waals surface area (Å²) >= 11 is 5.01. The molecule has 0 bridgehead atoms. The first-order valence-electron chi connectivity index (χ1n) is 4.31. The summed E-state index contributed by atoms with van der Waals surface area (Å²) in [5.41, 5.74) is 0.873. The summed E-state index contributed by atoms with van der Waals surface area (Å²) in [7, 11) is 1.38. The van der Waals surface area contributed by atoms with Crippen molar-refractivity contribution in [2.24, 2.45) is 5.92 Å². The van der Waals surface area contributed by atoms with Crippen molar-refractivity contribution in [2.45, 2.75) is 20.3 Å². The van der Waals surface area contributed by atoms with Crippen molar-refractivity contribution in [2.75, 3.05) is 7.11 Å². The number of aromatic nitrogens is 1. The number of carbonyl (C=O) groups excluding carboxylic acids is 1. The number of H-pyrrole nitrogens is 1. The van der Waals surface area contributed by atoms with E-state index in [0.717, 1.165) is 11.3 Å². The van der Waals surface area contributed by atoms with Crippen molar-refractivity contribution in [3.63, 3.8) is 0 Å². The molecule has 1 aromatic rings. The Morgan fingerprint density at radius 3 is 2.79 bits per heavy atom. The van der Waals surface area contributed by atoms with Crippen LogP contribution in [0.1, 0.15) is 18.2 Å². The molecular formula is C9H13NO3S. The molecule has 1 unspecified atom stereocenters. The average Bonchev–Trinajstić information content (AvgIpc) is 2.48. The van der Waals surface area contributed by atoms with Gasteiger partial charge in [0.2, 0.25) is 0 Å². The van der Waals surface area contributed by atoms with Crippen LogP contribution in [-0.4, -0.2) is 18.2 Å². The number of carbonyl (C=O) groups is 1. The predicted molar refractivity (Wildman–Crippen MR) is 53.5 cm³/mol. The van der Waals surface area contributed by atoms with Crippen LogP contribution in [0.5, 0.6) is 0 Å². The van der Waals surface area contributed by atoms with E-state index in [2.05, 4.69) is 9.89 Å². The minimum Gasteiger partial charge on any atom is -0.469 e. The van der Waals surface area contributed by atoms with Crippen LogP contribution >= 0.6 is 12.2 Å². The maximum atomic E-state index is 11.2. The van der Waals surface area contributed by atoms with Gasteiger partial charge in [-0.2, -0.15) is 0 Å². The van der Waals surface area contributed by atoms with E-state index >= 15 is 0 Å². The number of methoxy groups -OCH3 is 1. The van der Waals surface area contributed by atoms with Gasteiger partial charge in [0.1, 0.15) is 10.4 Å². The lowest BCUT2D eigenvalue weighted by Crippen LogP contribution is -2.15. The van der Waals surface area contributed by atoms with Crippen LogP contribution in [0.15, 0.2) is 4.52 Å². The molecule has 1 N–H and O–H groups in total. The molecule has 0 radical (unpaired) electrons. The molecule has 0 saturated carbocycles. The van der Waals surface area contributed by atoms with Gasteiger partial charge in [-0.25, -0.2) is 5.16 Å². The summed E-state index contributed by atoms with van der Waals surface area (Å²) in [6.45, 7) is 3.61. The minimum absolute atomic E-state index is 0.202. The highest BCUT2D eigenvalue weighted by Gasteiger charge is 2.17. The Bertz CT molecular complexity index is 380. The van der Waals surface area contributed by atoms with Crippen molar-refractivity contribution >= 4 is 18.2 Å². The predicted octanol–water partition coefficient (Wildman–Crippen LogP) is 2.00. The van der Waals surface area contributed by atoms with Crippen LogP contribution in [0.25, 0.3) is 0 Å². The van der Waals surface area contributed by atoms with Gasteiger partial charge in [0.25, 0.3) is 0 Å². The third kappa shape index (κ3) is 2.23. The molecule has 1 rings (SSSR count). The molecule has 0 aliphatic heterocycles. The van der Waals surface area contributed by atoms with Gasteiger partial charge in [0.05, 0.1) is 13.0 Å². The van der Waals surface area contributed by atoms with E-state index in [1.165, 1.54) is 7.11 Å². The van der Waals surface area contributed by atoms with E-state index in [9.17, 15) is 4.79 Å². The lowest BCUT2D eigenvalue weighted by molar-refractivity contribution is -0.144. The first kappa shape index (κ1) is 11.0. The summed E-state index contributed by atoms with van der Waals surface area (Å²) < 4.78 is 10.2. The Morgan fingerprint density at radius 2 is 2.36 bits per heavy atom. The van der Waals surface area contributed by atoms with Crippen molar-refractivity contribution < 1.29 is 14.1 Å². The molecule has 0 fully saturated rings. The molecule has 0 aromatic carbocycles. The average molecular weight is 215 g/mol. The maximum absolute atomic E-state index is 11.2. The quantitative estimate of drug-likeness (QED) is 0.619. The van der Waals surface area contributed by atoms with Gasteiger partial charge in [-0.3, -0.25) is 4.79 Å². The highest BCUT2D eigenvalue weighted by atomic mass is 32.1. The van der Waals surface area contributed by atoms with Crippen molar-refractivity contribution in [1.82, 2.24) is 5.16 Å². The van der Waals surface area contributed by atoms with Crippen LogP contribution in [0.4, 0.5) is 0 Å². The standard InChI is InChI=1S/C9H13NO3S/c1-5(9(11)12-3)4-7-6(2)13-10-8(7)14/h5H,4H2,1-3H3,(H,10,14). The normalized spacial score (nSPS) is 12.5. The van der Waals surface area contributed by atoms with Crippen molar-refractivity contribution in [3.8, 4) is 0 Å². The van der Waals surface area contributed by atoms with Gasteiger partial charge in [-0.1, -0.05) is 19.1 Å². The second-order valence-corrected chi connectivity index (χ2v) is 3.60. The Morgan fingerprint density at radius 1 is 1.71 bits per heavy atom. The largest absolute Gasteiger partial charge is 0.469 e. The molecule has 0 amide bonds. The Hall–Kier alpha value is -1.10. The molecular weight excluding hydrogens is 202 g/mol. The third-order valence-electron chi connectivity index (χ3n) is 2.11. The lowest BCUT2D eigenvalue weighted by atomic mass is 10.0. The molecule has 0 aliphatic rings. The molecule has 0 saturated heterocycles. The Labute approximate surface area is 87.2 Å². The van der Waals surface area contributed by atoms with Crippen LogP contribution in [-0.2, 0) is 16.0 Å². The first-order chi connectivity index (χ1) is 6.56. The number of aryl methyl sites for hydroxylation is 1. The van der Waals surface area contributed by atoms with Crippen LogP contribution in [0.2, 0.25) is 0 Å². The molecule has 78 valence electrons. The van der Waals surface area contributed by atoms with E-state index in [1.807, 2.05) is 6.92 Å². The van der Waals surface area contributed by atoms with E-state index in [-0.39, 0.29) is 11.9 Å². The Balaban J connectivity index is 2.79. The van der Waals surface area contributed by atoms with Crippen LogP contribution in [0, 0.1) is 17.5 Å². The Kier molecular flexibility index (Phi) is 3.46. The number of hydrogen-bond donors (Lipinski definition) is 1. The van der Waals surface area contributed by atoms with Crippen LogP contribution in [0.3, 0.4) is 0 Å². The van der Waals surface area contributed by atoms with Crippen molar-refractivity contribution in [1.29, 1.82) is 0 Å². The van der Waals surface area contributed by atoms with E-state index < -0.39 is 0 Å². The number of hydrogen-bond acceptors (Lipinski definition) is 4. The van der Waals surface area contributed by atoms with Crippen molar-refractivity contribution in [3.05, 3.63) is 16.0 Å². The smallest absolute Gasteiger partial charge is 0.308 e. The summed E-state index contributed by atoms with van der Waals surface area (Å²) in [6.07, 6.45) is 0.546. The molecule has 4 nitrogen and oxygen atoms in total. The fourth-order valence-corrected chi connectivity index (χ4v) is 1.50. The first-order valence-corrected chi connectivity index (χ1v) is 4.71. The number of ether oxygens (including phenoxy) is 1. The molecule has 1 heterocycles. The second kappa shape index (κ2) is 4.41. The van der Waals surface area contributed by atoms with Gasteiger partial charge < -0.3 is 9.26 Å². The van der Waals surface area contributed by atoms with E-state index in [0.29, 0.717) is 11.1 Å². The summed E-state index contributed by atoms with van der Waals surface area (Å²) in [5, 5.41) is 2.59. The maximum Gasteiger partial charge on any atom is 0.308 e. The molecule has 0 spiro atoms. The lowest BCUT2D eigenvalue weighted by Gasteiger charge is -2.06. The van der Waals surface area contributed by atoms with Gasteiger partial charge in [0, 0.05) is 5.56 Å². The number of rotatable bonds is 3. The van der Waals surface area contributed by atoms with E-state index in [1.54, 1.807) is 6.92 Å². The molecule has 1 aromatic heterocycles. The fourth-order valence-electron chi connectivity index (χ4n) is 1.23. The highest BCUT2D eigenvalue weighted by molar-refractivity contribution is 7.71. The van der Waals surface area contributed by atoms with Gasteiger partial charge >= 0.3 is 5.97 Å². The molecule has 1 atom stereocenters. The number of esters is 1. The number of nitrogens with one attached hydrogen (secondary N) is 1.